The molecule has 1 aliphatic heterocycles. The van der Waals surface area contributed by atoms with Crippen molar-refractivity contribution >= 4 is 51.2 Å². The van der Waals surface area contributed by atoms with Gasteiger partial charge in [0, 0.05) is 71.9 Å². The molecule has 9 nitrogen and oxygen atoms in total. The van der Waals surface area contributed by atoms with Crippen LogP contribution >= 0.6 is 11.3 Å². The topological polar surface area (TPSA) is 111 Å². The molecule has 0 radical (unpaired) electrons. The third-order valence-electron chi connectivity index (χ3n) is 9.33. The Labute approximate surface area is 283 Å². The summed E-state index contributed by atoms with van der Waals surface area (Å²) in [6.45, 7) is 9.05. The second kappa shape index (κ2) is 13.3. The molecule has 0 unspecified atom stereocenters. The number of hydrogen-bond acceptors (Lipinski definition) is 7. The normalized spacial score (nSPS) is 16.7. The van der Waals surface area contributed by atoms with Crippen molar-refractivity contribution in [3.63, 3.8) is 0 Å². The lowest BCUT2D eigenvalue weighted by Gasteiger charge is -2.39. The molecule has 246 valence electrons. The maximum absolute atomic E-state index is 12.8. The summed E-state index contributed by atoms with van der Waals surface area (Å²) in [5.74, 6) is -0.340. The number of nitrogens with zero attached hydrogens (tertiary/aromatic N) is 3. The fourth-order valence-electron chi connectivity index (χ4n) is 6.63. The van der Waals surface area contributed by atoms with Crippen molar-refractivity contribution in [2.24, 2.45) is 5.41 Å². The number of anilines is 2. The zero-order valence-corrected chi connectivity index (χ0v) is 28.0. The van der Waals surface area contributed by atoms with Crippen LogP contribution in [-0.4, -0.2) is 64.6 Å². The number of allylic oxidation sites excluding steroid dienone is 1. The van der Waals surface area contributed by atoms with Gasteiger partial charge in [0.1, 0.15) is 22.7 Å². The second-order valence-corrected chi connectivity index (χ2v) is 14.3. The fraction of sp³-hybridized carbons (Fsp3) is 0.289. The number of carboxylic acids is 1. The highest BCUT2D eigenvalue weighted by Crippen LogP contribution is 2.45. The number of carbonyl (C=O) groups is 2. The van der Waals surface area contributed by atoms with Gasteiger partial charge in [-0.3, -0.25) is 9.69 Å². The first kappa shape index (κ1) is 31.7. The summed E-state index contributed by atoms with van der Waals surface area (Å²) in [4.78, 5) is 38.3. The number of aromatic nitrogens is 2. The first-order valence-corrected chi connectivity index (χ1v) is 17.2. The van der Waals surface area contributed by atoms with E-state index in [1.54, 1.807) is 23.6 Å². The molecular weight excluding hydrogens is 623 g/mol. The minimum atomic E-state index is -1.03. The van der Waals surface area contributed by atoms with Crippen LogP contribution in [0.3, 0.4) is 0 Å². The van der Waals surface area contributed by atoms with Crippen LogP contribution in [-0.2, 0) is 0 Å². The number of thiophene rings is 1. The minimum Gasteiger partial charge on any atom is -0.478 e. The van der Waals surface area contributed by atoms with Crippen LogP contribution < -0.4 is 15.0 Å². The Hall–Kier alpha value is -4.93. The first-order valence-electron chi connectivity index (χ1n) is 16.3. The van der Waals surface area contributed by atoms with Crippen molar-refractivity contribution in [2.75, 3.05) is 42.9 Å². The zero-order valence-electron chi connectivity index (χ0n) is 27.2. The molecule has 1 aliphatic carbocycles. The summed E-state index contributed by atoms with van der Waals surface area (Å²) in [5.41, 5.74) is 6.41. The number of piperazine rings is 1. The van der Waals surface area contributed by atoms with Gasteiger partial charge in [-0.25, -0.2) is 9.78 Å². The Morgan fingerprint density at radius 1 is 1.04 bits per heavy atom. The number of benzene rings is 2. The molecule has 7 rings (SSSR count). The van der Waals surface area contributed by atoms with E-state index >= 15 is 0 Å². The Kier molecular flexibility index (Phi) is 8.77. The Morgan fingerprint density at radius 2 is 1.85 bits per heavy atom. The standard InChI is InChI=1S/C38H39N5O4S/c1-38(2)12-10-27(32(21-38)34-19-28(24-48-34)41-36(44)25-6-4-3-5-7-25)23-42-14-16-43(17-15-42)29-8-9-31(37(45)46)33(20-29)47-30-18-26-11-13-39-35(26)40-22-30/h3-9,11,13,18-20,22,24H,10,12,14-17,21,23H2,1-2H3,(H,39,40)(H,41,44)(H,45,46). The number of nitrogens with one attached hydrogen (secondary N) is 2. The number of ether oxygens (including phenoxy) is 1. The molecule has 48 heavy (non-hydrogen) atoms. The summed E-state index contributed by atoms with van der Waals surface area (Å²) in [6, 6.07) is 20.5. The molecule has 0 spiro atoms. The van der Waals surface area contributed by atoms with Gasteiger partial charge in [0.05, 0.1) is 11.9 Å². The van der Waals surface area contributed by atoms with Gasteiger partial charge < -0.3 is 25.0 Å². The van der Waals surface area contributed by atoms with E-state index in [2.05, 4.69) is 45.0 Å². The van der Waals surface area contributed by atoms with E-state index in [0.717, 1.165) is 74.4 Å². The fourth-order valence-corrected chi connectivity index (χ4v) is 7.56. The maximum Gasteiger partial charge on any atom is 0.339 e. The molecule has 0 atom stereocenters. The Morgan fingerprint density at radius 3 is 2.65 bits per heavy atom. The largest absolute Gasteiger partial charge is 0.478 e. The van der Waals surface area contributed by atoms with Crippen LogP contribution in [0, 0.1) is 5.41 Å². The van der Waals surface area contributed by atoms with E-state index in [1.165, 1.54) is 16.0 Å². The number of carbonyl (C=O) groups excluding carboxylic acids is 1. The van der Waals surface area contributed by atoms with Crippen LogP contribution in [0.1, 0.15) is 58.7 Å². The number of hydrogen-bond donors (Lipinski definition) is 3. The van der Waals surface area contributed by atoms with Gasteiger partial charge in [-0.15, -0.1) is 11.3 Å². The van der Waals surface area contributed by atoms with Crippen molar-refractivity contribution < 1.29 is 19.4 Å². The average molecular weight is 662 g/mol. The lowest BCUT2D eigenvalue weighted by atomic mass is 9.74. The molecule has 3 aromatic heterocycles. The monoisotopic (exact) mass is 661 g/mol. The number of fused-ring (bicyclic) bond motifs is 1. The Balaban J connectivity index is 1.04. The van der Waals surface area contributed by atoms with E-state index in [0.29, 0.717) is 17.1 Å². The average Bonchev–Trinajstić information content (AvgIpc) is 3.76. The summed E-state index contributed by atoms with van der Waals surface area (Å²) in [6.07, 6.45) is 6.64. The number of rotatable bonds is 9. The van der Waals surface area contributed by atoms with E-state index in [9.17, 15) is 14.7 Å². The molecular formula is C38H39N5O4S. The lowest BCUT2D eigenvalue weighted by molar-refractivity contribution is 0.0694. The Bertz CT molecular complexity index is 1990. The quantitative estimate of drug-likeness (QED) is 0.146. The third kappa shape index (κ3) is 7.00. The van der Waals surface area contributed by atoms with Gasteiger partial charge in [-0.1, -0.05) is 37.6 Å². The molecule has 0 bridgehead atoms. The number of H-pyrrole nitrogens is 1. The summed E-state index contributed by atoms with van der Waals surface area (Å²) < 4.78 is 6.09. The van der Waals surface area contributed by atoms with E-state index in [4.69, 9.17) is 4.74 Å². The van der Waals surface area contributed by atoms with Crippen LogP contribution in [0.2, 0.25) is 0 Å². The van der Waals surface area contributed by atoms with Gasteiger partial charge >= 0.3 is 5.97 Å². The molecule has 2 aliphatic rings. The molecule has 10 heteroatoms. The minimum absolute atomic E-state index is 0.0949. The van der Waals surface area contributed by atoms with E-state index < -0.39 is 5.97 Å². The molecule has 1 amide bonds. The number of carboxylic acid groups (broad SMARTS) is 1. The van der Waals surface area contributed by atoms with Crippen molar-refractivity contribution in [1.29, 1.82) is 0 Å². The predicted octanol–water partition coefficient (Wildman–Crippen LogP) is 8.15. The number of amides is 1. The van der Waals surface area contributed by atoms with Gasteiger partial charge in [0.25, 0.3) is 5.91 Å². The highest BCUT2D eigenvalue weighted by Gasteiger charge is 2.30. The van der Waals surface area contributed by atoms with Crippen LogP contribution in [0.25, 0.3) is 16.6 Å². The van der Waals surface area contributed by atoms with Gasteiger partial charge in [0.15, 0.2) is 0 Å². The molecule has 1 saturated heterocycles. The summed E-state index contributed by atoms with van der Waals surface area (Å²) in [7, 11) is 0. The van der Waals surface area contributed by atoms with Crippen molar-refractivity contribution in [3.05, 3.63) is 106 Å². The predicted molar refractivity (Wildman–Crippen MR) is 191 cm³/mol. The molecule has 1 fully saturated rings. The molecule has 0 saturated carbocycles. The molecule has 5 aromatic rings. The highest BCUT2D eigenvalue weighted by atomic mass is 32.1. The second-order valence-electron chi connectivity index (χ2n) is 13.4. The molecule has 3 N–H and O–H groups in total. The number of aromatic carboxylic acids is 1. The van der Waals surface area contributed by atoms with Crippen molar-refractivity contribution in [1.82, 2.24) is 14.9 Å². The van der Waals surface area contributed by atoms with Crippen LogP contribution in [0.4, 0.5) is 11.4 Å². The van der Waals surface area contributed by atoms with E-state index in [-0.39, 0.29) is 16.9 Å². The van der Waals surface area contributed by atoms with Crippen LogP contribution in [0.15, 0.2) is 90.1 Å². The maximum atomic E-state index is 12.8. The number of pyridine rings is 1. The van der Waals surface area contributed by atoms with E-state index in [1.807, 2.05) is 66.2 Å². The smallest absolute Gasteiger partial charge is 0.339 e. The van der Waals surface area contributed by atoms with Gasteiger partial charge in [-0.05, 0) is 72.7 Å². The summed E-state index contributed by atoms with van der Waals surface area (Å²) in [5, 5.41) is 15.9. The lowest BCUT2D eigenvalue weighted by Crippen LogP contribution is -2.47. The van der Waals surface area contributed by atoms with Crippen molar-refractivity contribution in [2.45, 2.75) is 33.1 Å². The summed E-state index contributed by atoms with van der Waals surface area (Å²) >= 11 is 1.70. The number of aromatic amines is 1. The third-order valence-corrected chi connectivity index (χ3v) is 10.3. The molecule has 4 heterocycles. The zero-order chi connectivity index (χ0) is 33.3. The SMILES string of the molecule is CC1(C)CCC(CN2CCN(c3ccc(C(=O)O)c(Oc4cnc5[nH]ccc5c4)c3)CC2)=C(c2cc(NC(=O)c3ccccc3)cs2)C1. The molecule has 2 aromatic carbocycles. The van der Waals surface area contributed by atoms with Crippen molar-refractivity contribution in [3.8, 4) is 11.5 Å². The van der Waals surface area contributed by atoms with Gasteiger partial charge in [-0.2, -0.15) is 0 Å². The highest BCUT2D eigenvalue weighted by molar-refractivity contribution is 7.11. The van der Waals surface area contributed by atoms with Crippen LogP contribution in [0.5, 0.6) is 11.5 Å². The first-order chi connectivity index (χ1) is 23.2. The van der Waals surface area contributed by atoms with Gasteiger partial charge in [0.2, 0.25) is 0 Å².